The average molecular weight is 440 g/mol. The SMILES string of the molecule is Cc1ccc(Cn2cccc2CN(Cc2ccccc2)C(=O)c2ccc([N+](=O)[O-])cc2)cc1. The highest BCUT2D eigenvalue weighted by Crippen LogP contribution is 2.18. The molecule has 0 spiro atoms. The summed E-state index contributed by atoms with van der Waals surface area (Å²) in [5.74, 6) is -0.170. The molecule has 33 heavy (non-hydrogen) atoms. The number of benzene rings is 3. The molecule has 0 N–H and O–H groups in total. The van der Waals surface area contributed by atoms with Crippen LogP contribution in [0.15, 0.2) is 97.2 Å². The Morgan fingerprint density at radius 2 is 1.55 bits per heavy atom. The normalized spacial score (nSPS) is 10.7. The molecule has 4 aromatic rings. The van der Waals surface area contributed by atoms with Crippen LogP contribution in [0.2, 0.25) is 0 Å². The molecule has 1 aromatic heterocycles. The van der Waals surface area contributed by atoms with E-state index < -0.39 is 4.92 Å². The van der Waals surface area contributed by atoms with Crippen LogP contribution in [0.5, 0.6) is 0 Å². The van der Waals surface area contributed by atoms with Gasteiger partial charge in [0.15, 0.2) is 0 Å². The number of non-ortho nitro benzene ring substituents is 1. The monoisotopic (exact) mass is 439 g/mol. The van der Waals surface area contributed by atoms with Crippen LogP contribution >= 0.6 is 0 Å². The molecule has 0 aliphatic rings. The summed E-state index contributed by atoms with van der Waals surface area (Å²) in [7, 11) is 0. The first-order valence-corrected chi connectivity index (χ1v) is 10.8. The van der Waals surface area contributed by atoms with E-state index in [1.165, 1.54) is 35.4 Å². The summed E-state index contributed by atoms with van der Waals surface area (Å²) in [5, 5.41) is 11.0. The largest absolute Gasteiger partial charge is 0.345 e. The second-order valence-corrected chi connectivity index (χ2v) is 8.06. The van der Waals surface area contributed by atoms with Gasteiger partial charge >= 0.3 is 0 Å². The van der Waals surface area contributed by atoms with Crippen molar-refractivity contribution < 1.29 is 9.72 Å². The molecule has 0 saturated carbocycles. The Bertz CT molecular complexity index is 1230. The fraction of sp³-hybridized carbons (Fsp3) is 0.148. The summed E-state index contributed by atoms with van der Waals surface area (Å²) in [6.45, 7) is 3.64. The second kappa shape index (κ2) is 9.96. The van der Waals surface area contributed by atoms with Gasteiger partial charge in [0.05, 0.1) is 11.5 Å². The van der Waals surface area contributed by atoms with Crippen LogP contribution in [-0.2, 0) is 19.6 Å². The topological polar surface area (TPSA) is 68.4 Å². The van der Waals surface area contributed by atoms with Gasteiger partial charge in [-0.05, 0) is 42.3 Å². The van der Waals surface area contributed by atoms with Gasteiger partial charge in [-0.2, -0.15) is 0 Å². The third-order valence-electron chi connectivity index (χ3n) is 5.58. The summed E-state index contributed by atoms with van der Waals surface area (Å²) in [5.41, 5.74) is 4.83. The van der Waals surface area contributed by atoms with Crippen LogP contribution in [0.25, 0.3) is 0 Å². The van der Waals surface area contributed by atoms with Crippen LogP contribution in [0.4, 0.5) is 5.69 Å². The van der Waals surface area contributed by atoms with Crippen molar-refractivity contribution in [3.63, 3.8) is 0 Å². The molecule has 0 saturated heterocycles. The van der Waals surface area contributed by atoms with Crippen LogP contribution in [-0.4, -0.2) is 20.3 Å². The van der Waals surface area contributed by atoms with Crippen molar-refractivity contribution in [2.75, 3.05) is 0 Å². The lowest BCUT2D eigenvalue weighted by Gasteiger charge is -2.24. The predicted molar refractivity (Wildman–Crippen MR) is 128 cm³/mol. The van der Waals surface area contributed by atoms with Gasteiger partial charge < -0.3 is 9.47 Å². The van der Waals surface area contributed by atoms with E-state index in [4.69, 9.17) is 0 Å². The molecule has 0 bridgehead atoms. The number of hydrogen-bond acceptors (Lipinski definition) is 3. The molecule has 0 atom stereocenters. The molecule has 1 heterocycles. The van der Waals surface area contributed by atoms with Gasteiger partial charge in [0.2, 0.25) is 0 Å². The van der Waals surface area contributed by atoms with Crippen LogP contribution in [0.3, 0.4) is 0 Å². The highest BCUT2D eigenvalue weighted by molar-refractivity contribution is 5.94. The molecule has 4 rings (SSSR count). The fourth-order valence-corrected chi connectivity index (χ4v) is 3.74. The number of amides is 1. The Morgan fingerprint density at radius 1 is 0.848 bits per heavy atom. The number of hydrogen-bond donors (Lipinski definition) is 0. The number of carbonyl (C=O) groups excluding carboxylic acids is 1. The molecule has 0 radical (unpaired) electrons. The van der Waals surface area contributed by atoms with E-state index in [0.717, 1.165) is 11.3 Å². The van der Waals surface area contributed by atoms with Gasteiger partial charge in [0.25, 0.3) is 11.6 Å². The Hall–Kier alpha value is -4.19. The Labute approximate surface area is 192 Å². The molecule has 1 amide bonds. The van der Waals surface area contributed by atoms with Crippen molar-refractivity contribution in [2.45, 2.75) is 26.6 Å². The predicted octanol–water partition coefficient (Wildman–Crippen LogP) is 5.60. The number of nitro groups is 1. The lowest BCUT2D eigenvalue weighted by atomic mass is 10.1. The highest BCUT2D eigenvalue weighted by atomic mass is 16.6. The molecule has 0 aliphatic heterocycles. The van der Waals surface area contributed by atoms with Gasteiger partial charge in [0.1, 0.15) is 0 Å². The zero-order valence-corrected chi connectivity index (χ0v) is 18.4. The van der Waals surface area contributed by atoms with Crippen molar-refractivity contribution in [3.05, 3.63) is 135 Å². The molecular formula is C27H25N3O3. The number of nitrogens with zero attached hydrogens (tertiary/aromatic N) is 3. The maximum absolute atomic E-state index is 13.4. The summed E-state index contributed by atoms with van der Waals surface area (Å²) < 4.78 is 2.14. The Kier molecular flexibility index (Phi) is 6.64. The first-order chi connectivity index (χ1) is 16.0. The van der Waals surface area contributed by atoms with E-state index in [1.54, 1.807) is 4.90 Å². The van der Waals surface area contributed by atoms with E-state index in [-0.39, 0.29) is 11.6 Å². The Morgan fingerprint density at radius 3 is 2.21 bits per heavy atom. The minimum absolute atomic E-state index is 0.0341. The van der Waals surface area contributed by atoms with Gasteiger partial charge in [-0.3, -0.25) is 14.9 Å². The average Bonchev–Trinajstić information content (AvgIpc) is 3.27. The zero-order valence-electron chi connectivity index (χ0n) is 18.4. The zero-order chi connectivity index (χ0) is 23.2. The third-order valence-corrected chi connectivity index (χ3v) is 5.58. The molecule has 3 aromatic carbocycles. The minimum atomic E-state index is -0.464. The van der Waals surface area contributed by atoms with Crippen LogP contribution in [0.1, 0.15) is 32.7 Å². The van der Waals surface area contributed by atoms with E-state index in [1.807, 2.05) is 48.7 Å². The lowest BCUT2D eigenvalue weighted by molar-refractivity contribution is -0.384. The molecule has 166 valence electrons. The molecular weight excluding hydrogens is 414 g/mol. The number of aromatic nitrogens is 1. The fourth-order valence-electron chi connectivity index (χ4n) is 3.74. The maximum atomic E-state index is 13.4. The first-order valence-electron chi connectivity index (χ1n) is 10.8. The van der Waals surface area contributed by atoms with E-state index in [2.05, 4.69) is 35.8 Å². The maximum Gasteiger partial charge on any atom is 0.269 e. The van der Waals surface area contributed by atoms with Crippen molar-refractivity contribution in [1.82, 2.24) is 9.47 Å². The summed E-state index contributed by atoms with van der Waals surface area (Å²) in [4.78, 5) is 25.7. The van der Waals surface area contributed by atoms with Gasteiger partial charge in [-0.1, -0.05) is 60.2 Å². The number of carbonyl (C=O) groups is 1. The number of nitro benzene ring substituents is 1. The van der Waals surface area contributed by atoms with E-state index >= 15 is 0 Å². The molecule has 0 aliphatic carbocycles. The third kappa shape index (κ3) is 5.54. The molecule has 6 nitrogen and oxygen atoms in total. The van der Waals surface area contributed by atoms with Crippen molar-refractivity contribution >= 4 is 11.6 Å². The van der Waals surface area contributed by atoms with Crippen molar-refractivity contribution in [3.8, 4) is 0 Å². The van der Waals surface area contributed by atoms with Crippen LogP contribution < -0.4 is 0 Å². The van der Waals surface area contributed by atoms with Crippen molar-refractivity contribution in [1.29, 1.82) is 0 Å². The second-order valence-electron chi connectivity index (χ2n) is 8.06. The quantitative estimate of drug-likeness (QED) is 0.265. The minimum Gasteiger partial charge on any atom is -0.345 e. The summed E-state index contributed by atoms with van der Waals surface area (Å²) >= 11 is 0. The van der Waals surface area contributed by atoms with Gasteiger partial charge in [-0.15, -0.1) is 0 Å². The number of aryl methyl sites for hydroxylation is 1. The van der Waals surface area contributed by atoms with Crippen LogP contribution in [0, 0.1) is 17.0 Å². The molecule has 0 unspecified atom stereocenters. The van der Waals surface area contributed by atoms with Crippen molar-refractivity contribution in [2.24, 2.45) is 0 Å². The van der Waals surface area contributed by atoms with Gasteiger partial charge in [-0.25, -0.2) is 0 Å². The molecule has 6 heteroatoms. The van der Waals surface area contributed by atoms with E-state index in [9.17, 15) is 14.9 Å². The lowest BCUT2D eigenvalue weighted by Crippen LogP contribution is -2.31. The number of rotatable bonds is 8. The summed E-state index contributed by atoms with van der Waals surface area (Å²) in [6.07, 6.45) is 2.02. The van der Waals surface area contributed by atoms with E-state index in [0.29, 0.717) is 25.2 Å². The summed E-state index contributed by atoms with van der Waals surface area (Å²) in [6, 6.07) is 28.0. The highest BCUT2D eigenvalue weighted by Gasteiger charge is 2.19. The van der Waals surface area contributed by atoms with Gasteiger partial charge in [0, 0.05) is 42.7 Å². The Balaban J connectivity index is 1.59. The first kappa shape index (κ1) is 22.0. The molecule has 0 fully saturated rings. The smallest absolute Gasteiger partial charge is 0.269 e. The standard InChI is InChI=1S/C27H25N3O3/c1-21-9-11-23(12-10-21)18-28-17-5-8-26(28)20-29(19-22-6-3-2-4-7-22)27(31)24-13-15-25(16-14-24)30(32)33/h2-17H,18-20H2,1H3.